The molecule has 0 unspecified atom stereocenters. The van der Waals surface area contributed by atoms with Crippen LogP contribution in [0.4, 0.5) is 0 Å². The van der Waals surface area contributed by atoms with Crippen molar-refractivity contribution in [3.8, 4) is 5.75 Å². The molecule has 128 valence electrons. The predicted molar refractivity (Wildman–Crippen MR) is 86.1 cm³/mol. The number of rotatable bonds is 8. The summed E-state index contributed by atoms with van der Waals surface area (Å²) >= 11 is 0. The van der Waals surface area contributed by atoms with Gasteiger partial charge in [-0.05, 0) is 31.0 Å². The van der Waals surface area contributed by atoms with Gasteiger partial charge < -0.3 is 14.8 Å². The van der Waals surface area contributed by atoms with Crippen LogP contribution in [0.3, 0.4) is 0 Å². The molecule has 1 atom stereocenters. The Morgan fingerprint density at radius 1 is 1.43 bits per heavy atom. The van der Waals surface area contributed by atoms with Crippen molar-refractivity contribution in [1.29, 1.82) is 0 Å². The molecular weight excluding hydrogens is 320 g/mol. The van der Waals surface area contributed by atoms with Gasteiger partial charge in [0.05, 0.1) is 19.0 Å². The van der Waals surface area contributed by atoms with Crippen LogP contribution in [0.1, 0.15) is 23.2 Å². The third-order valence-electron chi connectivity index (χ3n) is 3.54. The average Bonchev–Trinajstić information content (AvgIpc) is 3.06. The van der Waals surface area contributed by atoms with E-state index in [4.69, 9.17) is 9.47 Å². The number of carbonyl (C=O) groups is 1. The number of hydrogen-bond acceptors (Lipinski definition) is 5. The van der Waals surface area contributed by atoms with Crippen molar-refractivity contribution in [1.82, 2.24) is 10.0 Å². The lowest BCUT2D eigenvalue weighted by Gasteiger charge is -2.12. The Bertz CT molecular complexity index is 627. The van der Waals surface area contributed by atoms with Crippen LogP contribution in [0.5, 0.6) is 5.75 Å². The van der Waals surface area contributed by atoms with Crippen LogP contribution in [-0.4, -0.2) is 53.0 Å². The van der Waals surface area contributed by atoms with E-state index in [0.717, 1.165) is 12.8 Å². The fraction of sp³-hybridized carbons (Fsp3) is 0.533. The normalized spacial score (nSPS) is 17.9. The standard InChI is InChI=1S/C15H22N2O5S/c1-21-13-5-2-4-12(10-13)15(18)16-7-9-23(19,20)17-11-14-6-3-8-22-14/h2,4-5,10,14,17H,3,6-9,11H2,1H3,(H,16,18)/t14-/m1/s1. The molecule has 0 saturated carbocycles. The average molecular weight is 342 g/mol. The third-order valence-corrected chi connectivity index (χ3v) is 4.89. The summed E-state index contributed by atoms with van der Waals surface area (Å²) in [4.78, 5) is 12.0. The number of methoxy groups -OCH3 is 1. The molecule has 2 rings (SSSR count). The van der Waals surface area contributed by atoms with E-state index in [1.165, 1.54) is 7.11 Å². The van der Waals surface area contributed by atoms with E-state index >= 15 is 0 Å². The first kappa shape index (κ1) is 17.7. The number of carbonyl (C=O) groups excluding carboxylic acids is 1. The van der Waals surface area contributed by atoms with Crippen molar-refractivity contribution in [2.45, 2.75) is 18.9 Å². The lowest BCUT2D eigenvalue weighted by molar-refractivity contribution is 0.0955. The van der Waals surface area contributed by atoms with Crippen molar-refractivity contribution in [3.63, 3.8) is 0 Å². The summed E-state index contributed by atoms with van der Waals surface area (Å²) in [5, 5.41) is 2.59. The fourth-order valence-corrected chi connectivity index (χ4v) is 3.22. The maximum Gasteiger partial charge on any atom is 0.251 e. The van der Waals surface area contributed by atoms with E-state index < -0.39 is 10.0 Å². The first-order valence-electron chi connectivity index (χ1n) is 7.51. The van der Waals surface area contributed by atoms with Crippen LogP contribution in [0.2, 0.25) is 0 Å². The van der Waals surface area contributed by atoms with Crippen LogP contribution in [0, 0.1) is 0 Å². The fourth-order valence-electron chi connectivity index (χ4n) is 2.26. The summed E-state index contributed by atoms with van der Waals surface area (Å²) in [5.74, 6) is 0.0665. The Balaban J connectivity index is 1.75. The Kier molecular flexibility index (Phi) is 6.37. The molecular formula is C15H22N2O5S. The molecule has 0 aliphatic carbocycles. The zero-order valence-electron chi connectivity index (χ0n) is 13.1. The molecule has 1 heterocycles. The van der Waals surface area contributed by atoms with Gasteiger partial charge in [0.25, 0.3) is 5.91 Å². The van der Waals surface area contributed by atoms with Gasteiger partial charge in [-0.1, -0.05) is 6.07 Å². The van der Waals surface area contributed by atoms with Gasteiger partial charge in [-0.3, -0.25) is 4.79 Å². The van der Waals surface area contributed by atoms with E-state index in [9.17, 15) is 13.2 Å². The van der Waals surface area contributed by atoms with Gasteiger partial charge in [0.2, 0.25) is 10.0 Å². The molecule has 0 spiro atoms. The molecule has 0 aromatic heterocycles. The lowest BCUT2D eigenvalue weighted by Crippen LogP contribution is -2.37. The number of hydrogen-bond donors (Lipinski definition) is 2. The molecule has 1 aliphatic heterocycles. The Morgan fingerprint density at radius 2 is 2.26 bits per heavy atom. The van der Waals surface area contributed by atoms with Gasteiger partial charge in [-0.15, -0.1) is 0 Å². The summed E-state index contributed by atoms with van der Waals surface area (Å²) in [7, 11) is -1.91. The van der Waals surface area contributed by atoms with Crippen LogP contribution < -0.4 is 14.8 Å². The van der Waals surface area contributed by atoms with Crippen LogP contribution in [0.15, 0.2) is 24.3 Å². The van der Waals surface area contributed by atoms with Crippen molar-refractivity contribution >= 4 is 15.9 Å². The van der Waals surface area contributed by atoms with E-state index in [1.54, 1.807) is 24.3 Å². The minimum atomic E-state index is -3.43. The van der Waals surface area contributed by atoms with Crippen molar-refractivity contribution < 1.29 is 22.7 Å². The van der Waals surface area contributed by atoms with Crippen LogP contribution in [-0.2, 0) is 14.8 Å². The van der Waals surface area contributed by atoms with Gasteiger partial charge in [0, 0.05) is 25.3 Å². The first-order valence-corrected chi connectivity index (χ1v) is 9.16. The molecule has 23 heavy (non-hydrogen) atoms. The number of amides is 1. The van der Waals surface area contributed by atoms with Crippen LogP contribution in [0.25, 0.3) is 0 Å². The zero-order chi connectivity index (χ0) is 16.7. The highest BCUT2D eigenvalue weighted by Crippen LogP contribution is 2.12. The predicted octanol–water partition coefficient (Wildman–Crippen LogP) is 0.523. The molecule has 7 nitrogen and oxygen atoms in total. The molecule has 2 N–H and O–H groups in total. The van der Waals surface area contributed by atoms with E-state index in [-0.39, 0.29) is 30.9 Å². The number of sulfonamides is 1. The molecule has 8 heteroatoms. The summed E-state index contributed by atoms with van der Waals surface area (Å²) in [6, 6.07) is 6.67. The Labute approximate surface area is 136 Å². The molecule has 1 saturated heterocycles. The Hall–Kier alpha value is -1.64. The topological polar surface area (TPSA) is 93.7 Å². The molecule has 1 aromatic carbocycles. The van der Waals surface area contributed by atoms with Crippen molar-refractivity contribution in [2.75, 3.05) is 32.6 Å². The second kappa shape index (κ2) is 8.28. The van der Waals surface area contributed by atoms with Gasteiger partial charge in [-0.25, -0.2) is 13.1 Å². The molecule has 1 amide bonds. The summed E-state index contributed by atoms with van der Waals surface area (Å²) in [6.45, 7) is 1.01. The molecule has 0 radical (unpaired) electrons. The van der Waals surface area contributed by atoms with Gasteiger partial charge in [0.1, 0.15) is 5.75 Å². The maximum absolute atomic E-state index is 12.0. The summed E-state index contributed by atoms with van der Waals surface area (Å²) < 4.78 is 36.7. The van der Waals surface area contributed by atoms with Crippen molar-refractivity contribution in [2.24, 2.45) is 0 Å². The second-order valence-corrected chi connectivity index (χ2v) is 7.22. The third kappa shape index (κ3) is 5.81. The lowest BCUT2D eigenvalue weighted by atomic mass is 10.2. The summed E-state index contributed by atoms with van der Waals surface area (Å²) in [6.07, 6.45) is 1.79. The van der Waals surface area contributed by atoms with Gasteiger partial charge in [0.15, 0.2) is 0 Å². The maximum atomic E-state index is 12.0. The minimum absolute atomic E-state index is 0.0386. The highest BCUT2D eigenvalue weighted by Gasteiger charge is 2.19. The molecule has 1 aliphatic rings. The highest BCUT2D eigenvalue weighted by molar-refractivity contribution is 7.89. The summed E-state index contributed by atoms with van der Waals surface area (Å²) in [5.41, 5.74) is 0.425. The highest BCUT2D eigenvalue weighted by atomic mass is 32.2. The number of ether oxygens (including phenoxy) is 2. The van der Waals surface area contributed by atoms with E-state index in [0.29, 0.717) is 17.9 Å². The van der Waals surface area contributed by atoms with E-state index in [1.807, 2.05) is 0 Å². The van der Waals surface area contributed by atoms with Gasteiger partial charge >= 0.3 is 0 Å². The zero-order valence-corrected chi connectivity index (χ0v) is 13.9. The van der Waals surface area contributed by atoms with Crippen molar-refractivity contribution in [3.05, 3.63) is 29.8 Å². The largest absolute Gasteiger partial charge is 0.497 e. The SMILES string of the molecule is COc1cccc(C(=O)NCCS(=O)(=O)NC[C@H]2CCCO2)c1. The first-order chi connectivity index (χ1) is 11.0. The van der Waals surface area contributed by atoms with Gasteiger partial charge in [-0.2, -0.15) is 0 Å². The molecule has 1 aromatic rings. The Morgan fingerprint density at radius 3 is 2.96 bits per heavy atom. The molecule has 1 fully saturated rings. The minimum Gasteiger partial charge on any atom is -0.497 e. The van der Waals surface area contributed by atoms with Crippen LogP contribution >= 0.6 is 0 Å². The second-order valence-electron chi connectivity index (χ2n) is 5.29. The number of benzene rings is 1. The molecule has 0 bridgehead atoms. The quantitative estimate of drug-likeness (QED) is 0.718. The smallest absolute Gasteiger partial charge is 0.251 e. The number of nitrogens with one attached hydrogen (secondary N) is 2. The monoisotopic (exact) mass is 342 g/mol. The van der Waals surface area contributed by atoms with E-state index in [2.05, 4.69) is 10.0 Å².